The molecule has 0 aliphatic rings. The monoisotopic (exact) mass is 424 g/mol. The fourth-order valence-corrected chi connectivity index (χ4v) is 2.87. The molecule has 2 aromatic rings. The van der Waals surface area contributed by atoms with Crippen LogP contribution in [0.5, 0.6) is 17.2 Å². The fraction of sp³-hybridized carbons (Fsp3) is 0.240. The molecule has 0 unspecified atom stereocenters. The first-order valence-electron chi connectivity index (χ1n) is 9.78. The second-order valence-electron chi connectivity index (χ2n) is 7.79. The first-order valence-corrected chi connectivity index (χ1v) is 9.78. The maximum atomic E-state index is 12.7. The molecule has 0 saturated carbocycles. The van der Waals surface area contributed by atoms with Crippen LogP contribution in [0.2, 0.25) is 0 Å². The number of aromatic hydroxyl groups is 3. The van der Waals surface area contributed by atoms with Crippen LogP contribution in [0.4, 0.5) is 0 Å². The van der Waals surface area contributed by atoms with Crippen molar-refractivity contribution in [1.82, 2.24) is 0 Å². The molecule has 0 amide bonds. The Kier molecular flexibility index (Phi) is 7.67. The van der Waals surface area contributed by atoms with Crippen LogP contribution in [-0.2, 0) is 12.8 Å². The highest BCUT2D eigenvalue weighted by molar-refractivity contribution is 6.09. The number of allylic oxidation sites excluding steroid dienone is 3. The number of phenols is 3. The average Bonchev–Trinajstić information content (AvgIpc) is 2.68. The van der Waals surface area contributed by atoms with Gasteiger partial charge in [-0.1, -0.05) is 23.8 Å². The van der Waals surface area contributed by atoms with Gasteiger partial charge in [0.1, 0.15) is 23.0 Å². The molecule has 0 radical (unpaired) electrons. The van der Waals surface area contributed by atoms with Gasteiger partial charge in [0, 0.05) is 24.1 Å². The Bertz CT molecular complexity index is 1060. The third-order valence-electron chi connectivity index (χ3n) is 4.82. The molecule has 0 bridgehead atoms. The van der Waals surface area contributed by atoms with Crippen molar-refractivity contribution in [3.05, 3.63) is 82.5 Å². The Morgan fingerprint density at radius 2 is 1.68 bits per heavy atom. The number of hydrogen-bond donors (Lipinski definition) is 5. The molecular weight excluding hydrogens is 396 g/mol. The summed E-state index contributed by atoms with van der Waals surface area (Å²) in [6, 6.07) is 6.76. The van der Waals surface area contributed by atoms with E-state index in [-0.39, 0.29) is 34.8 Å². The lowest BCUT2D eigenvalue weighted by atomic mass is 9.98. The lowest BCUT2D eigenvalue weighted by Gasteiger charge is -2.13. The molecule has 1 atom stereocenters. The van der Waals surface area contributed by atoms with Crippen LogP contribution >= 0.6 is 0 Å². The van der Waals surface area contributed by atoms with Crippen LogP contribution in [0, 0.1) is 0 Å². The van der Waals surface area contributed by atoms with Gasteiger partial charge >= 0.3 is 0 Å². The zero-order chi connectivity index (χ0) is 23.3. The van der Waals surface area contributed by atoms with Crippen LogP contribution in [0.1, 0.15) is 47.8 Å². The van der Waals surface area contributed by atoms with Crippen molar-refractivity contribution >= 4 is 11.5 Å². The predicted octanol–water partition coefficient (Wildman–Crippen LogP) is 4.57. The largest absolute Gasteiger partial charge is 0.508 e. The van der Waals surface area contributed by atoms with Crippen molar-refractivity contribution in [3.63, 3.8) is 0 Å². The SMILES string of the molecule is C=C(C)[C@@H](O)Cc1cc(/C(O)=C/C(=O)c2cc(CC=C(C)C)c(O)cc2O)ccc1O. The molecule has 0 aliphatic carbocycles. The summed E-state index contributed by atoms with van der Waals surface area (Å²) in [4.78, 5) is 12.7. The van der Waals surface area contributed by atoms with E-state index in [2.05, 4.69) is 6.58 Å². The minimum Gasteiger partial charge on any atom is -0.508 e. The second-order valence-corrected chi connectivity index (χ2v) is 7.79. The third-order valence-corrected chi connectivity index (χ3v) is 4.82. The van der Waals surface area contributed by atoms with E-state index in [0.717, 1.165) is 17.7 Å². The van der Waals surface area contributed by atoms with Gasteiger partial charge in [0.15, 0.2) is 5.78 Å². The van der Waals surface area contributed by atoms with Crippen molar-refractivity contribution in [2.75, 3.05) is 0 Å². The number of hydrogen-bond acceptors (Lipinski definition) is 6. The summed E-state index contributed by atoms with van der Waals surface area (Å²) in [6.07, 6.45) is 2.47. The molecule has 0 spiro atoms. The molecule has 0 fully saturated rings. The first kappa shape index (κ1) is 23.8. The maximum absolute atomic E-state index is 12.7. The molecule has 0 aromatic heterocycles. The summed E-state index contributed by atoms with van der Waals surface area (Å²) in [5.74, 6) is -1.59. The lowest BCUT2D eigenvalue weighted by Crippen LogP contribution is -2.11. The molecule has 0 saturated heterocycles. The van der Waals surface area contributed by atoms with Gasteiger partial charge in [-0.25, -0.2) is 0 Å². The van der Waals surface area contributed by atoms with Crippen LogP contribution in [-0.4, -0.2) is 37.4 Å². The number of benzene rings is 2. The van der Waals surface area contributed by atoms with Gasteiger partial charge in [-0.2, -0.15) is 0 Å². The quantitative estimate of drug-likeness (QED) is 0.183. The van der Waals surface area contributed by atoms with Gasteiger partial charge in [0.25, 0.3) is 0 Å². The Morgan fingerprint density at radius 3 is 2.29 bits per heavy atom. The lowest BCUT2D eigenvalue weighted by molar-refractivity contribution is 0.104. The molecule has 164 valence electrons. The highest BCUT2D eigenvalue weighted by Gasteiger charge is 2.16. The molecule has 0 heterocycles. The number of rotatable bonds is 8. The van der Waals surface area contributed by atoms with E-state index in [1.165, 1.54) is 24.3 Å². The van der Waals surface area contributed by atoms with E-state index in [1.54, 1.807) is 6.92 Å². The number of ketones is 1. The fourth-order valence-electron chi connectivity index (χ4n) is 2.87. The molecule has 6 nitrogen and oxygen atoms in total. The summed E-state index contributed by atoms with van der Waals surface area (Å²) >= 11 is 0. The minimum absolute atomic E-state index is 0.0525. The summed E-state index contributed by atoms with van der Waals surface area (Å²) < 4.78 is 0. The Morgan fingerprint density at radius 1 is 1.00 bits per heavy atom. The summed E-state index contributed by atoms with van der Waals surface area (Å²) in [5.41, 5.74) is 2.63. The van der Waals surface area contributed by atoms with E-state index in [1.807, 2.05) is 19.9 Å². The minimum atomic E-state index is -0.859. The molecule has 6 heteroatoms. The van der Waals surface area contributed by atoms with Crippen LogP contribution < -0.4 is 0 Å². The van der Waals surface area contributed by atoms with Crippen LogP contribution in [0.15, 0.2) is 60.2 Å². The van der Waals surface area contributed by atoms with Crippen molar-refractivity contribution in [3.8, 4) is 17.2 Å². The van der Waals surface area contributed by atoms with Gasteiger partial charge in [0.2, 0.25) is 0 Å². The Hall–Kier alpha value is -3.51. The van der Waals surface area contributed by atoms with E-state index >= 15 is 0 Å². The summed E-state index contributed by atoms with van der Waals surface area (Å²) in [6.45, 7) is 9.15. The highest BCUT2D eigenvalue weighted by Crippen LogP contribution is 2.30. The van der Waals surface area contributed by atoms with Crippen molar-refractivity contribution in [1.29, 1.82) is 0 Å². The van der Waals surface area contributed by atoms with Gasteiger partial charge in [-0.15, -0.1) is 0 Å². The third kappa shape index (κ3) is 6.23. The predicted molar refractivity (Wildman–Crippen MR) is 120 cm³/mol. The summed E-state index contributed by atoms with van der Waals surface area (Å²) in [5, 5.41) is 50.6. The zero-order valence-electron chi connectivity index (χ0n) is 17.9. The molecule has 2 rings (SSSR count). The zero-order valence-corrected chi connectivity index (χ0v) is 17.9. The molecule has 5 N–H and O–H groups in total. The van der Waals surface area contributed by atoms with E-state index in [4.69, 9.17) is 0 Å². The second kappa shape index (κ2) is 10.00. The standard InChI is InChI=1S/C25H28O6/c1-14(2)5-6-17-10-19(25(31)13-23(17)29)24(30)12-22(28)16-7-8-20(26)18(9-16)11-21(27)15(3)4/h5,7-10,12-13,21,26-29,31H,3,6,11H2,1-2,4H3/b22-12-/t21-/m0/s1. The molecule has 0 aliphatic heterocycles. The van der Waals surface area contributed by atoms with E-state index < -0.39 is 17.6 Å². The van der Waals surface area contributed by atoms with Gasteiger partial charge in [-0.3, -0.25) is 4.79 Å². The van der Waals surface area contributed by atoms with Crippen LogP contribution in [0.3, 0.4) is 0 Å². The Labute approximate surface area is 181 Å². The summed E-state index contributed by atoms with van der Waals surface area (Å²) in [7, 11) is 0. The topological polar surface area (TPSA) is 118 Å². The molecular formula is C25H28O6. The molecule has 31 heavy (non-hydrogen) atoms. The number of aliphatic hydroxyl groups excluding tert-OH is 2. The number of aliphatic hydroxyl groups is 2. The van der Waals surface area contributed by atoms with E-state index in [9.17, 15) is 30.3 Å². The Balaban J connectivity index is 2.35. The van der Waals surface area contributed by atoms with E-state index in [0.29, 0.717) is 23.1 Å². The average molecular weight is 424 g/mol. The normalized spacial score (nSPS) is 12.3. The smallest absolute Gasteiger partial charge is 0.193 e. The van der Waals surface area contributed by atoms with Crippen molar-refractivity contribution < 1.29 is 30.3 Å². The van der Waals surface area contributed by atoms with Crippen molar-refractivity contribution in [2.24, 2.45) is 0 Å². The highest BCUT2D eigenvalue weighted by atomic mass is 16.3. The molecule has 2 aromatic carbocycles. The maximum Gasteiger partial charge on any atom is 0.193 e. The van der Waals surface area contributed by atoms with Gasteiger partial charge < -0.3 is 25.5 Å². The first-order chi connectivity index (χ1) is 14.5. The van der Waals surface area contributed by atoms with Crippen LogP contribution in [0.25, 0.3) is 5.76 Å². The van der Waals surface area contributed by atoms with Crippen molar-refractivity contribution in [2.45, 2.75) is 39.7 Å². The van der Waals surface area contributed by atoms with Gasteiger partial charge in [0.05, 0.1) is 11.7 Å². The number of phenolic OH excluding ortho intramolecular Hbond substituents is 3. The van der Waals surface area contributed by atoms with Gasteiger partial charge in [-0.05, 0) is 62.6 Å². The number of carbonyl (C=O) groups is 1. The number of carbonyl (C=O) groups excluding carboxylic acids is 1.